The summed E-state index contributed by atoms with van der Waals surface area (Å²) in [5.74, 6) is 0.591. The summed E-state index contributed by atoms with van der Waals surface area (Å²) in [4.78, 5) is 14.0. The summed E-state index contributed by atoms with van der Waals surface area (Å²) in [5, 5.41) is 11.5. The molecule has 0 fully saturated rings. The van der Waals surface area contributed by atoms with E-state index in [9.17, 15) is 10.1 Å². The molecule has 0 atom stereocenters. The number of nitrogens with zero attached hydrogens (tertiary/aromatic N) is 2. The van der Waals surface area contributed by atoms with E-state index in [4.69, 9.17) is 27.9 Å². The second kappa shape index (κ2) is 5.42. The topological polar surface area (TPSA) is 65.3 Å². The van der Waals surface area contributed by atoms with Crippen LogP contribution < -0.4 is 4.74 Å². The number of hydrogen-bond donors (Lipinski definition) is 0. The maximum atomic E-state index is 10.6. The number of rotatable bonds is 3. The van der Waals surface area contributed by atoms with Gasteiger partial charge in [0.05, 0.1) is 9.95 Å². The van der Waals surface area contributed by atoms with Crippen molar-refractivity contribution in [2.24, 2.45) is 0 Å². The average Bonchev–Trinajstić information content (AvgIpc) is 2.36. The molecule has 0 aliphatic carbocycles. The Morgan fingerprint density at radius 3 is 2.68 bits per heavy atom. The quantitative estimate of drug-likeness (QED) is 0.622. The number of aromatic nitrogens is 1. The second-order valence-corrected chi connectivity index (χ2v) is 4.59. The minimum Gasteiger partial charge on any atom is -0.437 e. The Bertz CT molecular complexity index is 647. The lowest BCUT2D eigenvalue weighted by atomic mass is 10.3. The lowest BCUT2D eigenvalue weighted by Crippen LogP contribution is -1.95. The summed E-state index contributed by atoms with van der Waals surface area (Å²) in [6, 6.07) is 6.15. The number of ether oxygens (including phenoxy) is 1. The van der Waals surface area contributed by atoms with Crippen LogP contribution in [-0.4, -0.2) is 9.91 Å². The molecular formula is C12H8Cl2N2O3. The first-order valence-corrected chi connectivity index (χ1v) is 5.97. The molecule has 0 radical (unpaired) electrons. The third-order valence-electron chi connectivity index (χ3n) is 2.33. The van der Waals surface area contributed by atoms with Crippen LogP contribution in [0.5, 0.6) is 11.6 Å². The maximum Gasteiger partial charge on any atom is 0.288 e. The first kappa shape index (κ1) is 13.6. The van der Waals surface area contributed by atoms with E-state index in [0.717, 1.165) is 6.20 Å². The number of aryl methyl sites for hydroxylation is 1. The zero-order chi connectivity index (χ0) is 14.0. The molecule has 0 amide bonds. The van der Waals surface area contributed by atoms with E-state index >= 15 is 0 Å². The monoisotopic (exact) mass is 298 g/mol. The van der Waals surface area contributed by atoms with Crippen molar-refractivity contribution in [3.05, 3.63) is 56.2 Å². The van der Waals surface area contributed by atoms with Crippen LogP contribution in [0.2, 0.25) is 10.0 Å². The van der Waals surface area contributed by atoms with E-state index in [2.05, 4.69) is 4.98 Å². The Kier molecular flexibility index (Phi) is 3.87. The van der Waals surface area contributed by atoms with Crippen LogP contribution in [0.15, 0.2) is 30.5 Å². The van der Waals surface area contributed by atoms with E-state index in [-0.39, 0.29) is 11.6 Å². The van der Waals surface area contributed by atoms with Gasteiger partial charge in [0, 0.05) is 22.7 Å². The zero-order valence-electron chi connectivity index (χ0n) is 9.76. The van der Waals surface area contributed by atoms with Gasteiger partial charge in [-0.25, -0.2) is 4.98 Å². The fourth-order valence-corrected chi connectivity index (χ4v) is 1.73. The lowest BCUT2D eigenvalue weighted by molar-refractivity contribution is -0.385. The summed E-state index contributed by atoms with van der Waals surface area (Å²) in [7, 11) is 0. The normalized spacial score (nSPS) is 10.3. The highest BCUT2D eigenvalue weighted by atomic mass is 35.5. The molecule has 2 rings (SSSR count). The molecule has 0 saturated heterocycles. The SMILES string of the molecule is Cc1cc([N+](=O)[O-])cnc1Oc1cc(Cl)ccc1Cl. The Hall–Kier alpha value is -1.85. The van der Waals surface area contributed by atoms with E-state index in [1.165, 1.54) is 6.07 Å². The zero-order valence-corrected chi connectivity index (χ0v) is 11.3. The van der Waals surface area contributed by atoms with Crippen LogP contribution in [0.1, 0.15) is 5.56 Å². The molecule has 2 aromatic rings. The van der Waals surface area contributed by atoms with Gasteiger partial charge in [-0.05, 0) is 19.1 Å². The first-order chi connectivity index (χ1) is 8.97. The highest BCUT2D eigenvalue weighted by Crippen LogP contribution is 2.32. The molecule has 1 aromatic carbocycles. The standard InChI is InChI=1S/C12H8Cl2N2O3/c1-7-4-9(16(17)18)6-15-12(7)19-11-5-8(13)2-3-10(11)14/h2-6H,1H3. The van der Waals surface area contributed by atoms with Gasteiger partial charge in [-0.1, -0.05) is 23.2 Å². The molecule has 0 aliphatic heterocycles. The van der Waals surface area contributed by atoms with Crippen molar-refractivity contribution in [3.8, 4) is 11.6 Å². The highest BCUT2D eigenvalue weighted by Gasteiger charge is 2.12. The van der Waals surface area contributed by atoms with Gasteiger partial charge in [0.25, 0.3) is 5.69 Å². The fourth-order valence-electron chi connectivity index (χ4n) is 1.41. The third kappa shape index (κ3) is 3.13. The molecule has 98 valence electrons. The van der Waals surface area contributed by atoms with Crippen LogP contribution in [0.3, 0.4) is 0 Å². The van der Waals surface area contributed by atoms with Gasteiger partial charge in [0.2, 0.25) is 5.88 Å². The van der Waals surface area contributed by atoms with Gasteiger partial charge in [-0.3, -0.25) is 10.1 Å². The molecular weight excluding hydrogens is 291 g/mol. The van der Waals surface area contributed by atoms with E-state index < -0.39 is 4.92 Å². The molecule has 0 spiro atoms. The molecule has 0 bridgehead atoms. The van der Waals surface area contributed by atoms with Gasteiger partial charge >= 0.3 is 0 Å². The molecule has 0 N–H and O–H groups in total. The number of benzene rings is 1. The lowest BCUT2D eigenvalue weighted by Gasteiger charge is -2.08. The van der Waals surface area contributed by atoms with Crippen molar-refractivity contribution in [2.75, 3.05) is 0 Å². The van der Waals surface area contributed by atoms with Crippen molar-refractivity contribution in [1.82, 2.24) is 4.98 Å². The smallest absolute Gasteiger partial charge is 0.288 e. The molecule has 0 unspecified atom stereocenters. The van der Waals surface area contributed by atoms with Crippen molar-refractivity contribution in [1.29, 1.82) is 0 Å². The number of nitro groups is 1. The first-order valence-electron chi connectivity index (χ1n) is 5.21. The summed E-state index contributed by atoms with van der Waals surface area (Å²) in [5.41, 5.74) is 0.437. The molecule has 0 aliphatic rings. The molecule has 5 nitrogen and oxygen atoms in total. The minimum absolute atomic E-state index is 0.0953. The van der Waals surface area contributed by atoms with Crippen molar-refractivity contribution in [3.63, 3.8) is 0 Å². The van der Waals surface area contributed by atoms with Crippen molar-refractivity contribution in [2.45, 2.75) is 6.92 Å². The van der Waals surface area contributed by atoms with Crippen LogP contribution in [0.25, 0.3) is 0 Å². The largest absolute Gasteiger partial charge is 0.437 e. The van der Waals surface area contributed by atoms with Gasteiger partial charge in [0.1, 0.15) is 11.9 Å². The Labute approximate surface area is 118 Å². The maximum absolute atomic E-state index is 10.6. The van der Waals surface area contributed by atoms with Crippen LogP contribution in [-0.2, 0) is 0 Å². The number of hydrogen-bond acceptors (Lipinski definition) is 4. The van der Waals surface area contributed by atoms with Crippen LogP contribution >= 0.6 is 23.2 Å². The van der Waals surface area contributed by atoms with Crippen LogP contribution in [0.4, 0.5) is 5.69 Å². The van der Waals surface area contributed by atoms with E-state index in [1.807, 2.05) is 0 Å². The second-order valence-electron chi connectivity index (χ2n) is 3.75. The van der Waals surface area contributed by atoms with E-state index in [1.54, 1.807) is 25.1 Å². The molecule has 0 saturated carbocycles. The number of halogens is 2. The average molecular weight is 299 g/mol. The van der Waals surface area contributed by atoms with Gasteiger partial charge < -0.3 is 4.74 Å². The molecule has 19 heavy (non-hydrogen) atoms. The minimum atomic E-state index is -0.518. The Balaban J connectivity index is 2.33. The third-order valence-corrected chi connectivity index (χ3v) is 2.87. The van der Waals surface area contributed by atoms with Gasteiger partial charge in [-0.2, -0.15) is 0 Å². The predicted octanol–water partition coefficient (Wildman–Crippen LogP) is 4.40. The summed E-state index contributed by atoms with van der Waals surface area (Å²) in [6.07, 6.45) is 1.13. The van der Waals surface area contributed by atoms with Gasteiger partial charge in [0.15, 0.2) is 0 Å². The van der Waals surface area contributed by atoms with Crippen molar-refractivity contribution >= 4 is 28.9 Å². The van der Waals surface area contributed by atoms with Crippen LogP contribution in [0, 0.1) is 17.0 Å². The fraction of sp³-hybridized carbons (Fsp3) is 0.0833. The molecule has 1 aromatic heterocycles. The summed E-state index contributed by atoms with van der Waals surface area (Å²) in [6.45, 7) is 1.66. The summed E-state index contributed by atoms with van der Waals surface area (Å²) < 4.78 is 5.51. The predicted molar refractivity (Wildman–Crippen MR) is 72.2 cm³/mol. The van der Waals surface area contributed by atoms with Gasteiger partial charge in [-0.15, -0.1) is 0 Å². The van der Waals surface area contributed by atoms with Crippen molar-refractivity contribution < 1.29 is 9.66 Å². The highest BCUT2D eigenvalue weighted by molar-refractivity contribution is 6.34. The Morgan fingerprint density at radius 2 is 2.05 bits per heavy atom. The van der Waals surface area contributed by atoms with E-state index in [0.29, 0.717) is 21.4 Å². The Morgan fingerprint density at radius 1 is 1.32 bits per heavy atom. The number of pyridine rings is 1. The molecule has 7 heteroatoms. The molecule has 1 heterocycles. The summed E-state index contributed by atoms with van der Waals surface area (Å²) >= 11 is 11.8.